The van der Waals surface area contributed by atoms with Crippen molar-refractivity contribution in [1.29, 1.82) is 0 Å². The number of esters is 1. The van der Waals surface area contributed by atoms with Crippen LogP contribution in [0.15, 0.2) is 33.6 Å². The van der Waals surface area contributed by atoms with Gasteiger partial charge in [0.1, 0.15) is 18.2 Å². The number of hydrogen-bond donors (Lipinski definition) is 1. The molecule has 1 heterocycles. The second-order valence-corrected chi connectivity index (χ2v) is 12.6. The minimum absolute atomic E-state index is 0.0472. The maximum Gasteiger partial charge on any atom is 0.408 e. The molecule has 1 aliphatic carbocycles. The number of carbonyl (C=O) groups is 3. The van der Waals surface area contributed by atoms with Crippen LogP contribution in [0.2, 0.25) is 0 Å². The fourth-order valence-electron chi connectivity index (χ4n) is 4.43. The van der Waals surface area contributed by atoms with Crippen molar-refractivity contribution in [1.82, 2.24) is 10.2 Å². The molecular formula is C24H33BrN2O8S. The number of amides is 2. The first-order valence-electron chi connectivity index (χ1n) is 11.9. The SMILES string of the molecule is COC(=O)[C@@H]1C[C@H](OS(=O)(=O)c2ccc(Br)cc2)CN1C(=O)[C@@H](NC(=O)OC1CCCC1)C(C)(C)C. The second-order valence-electron chi connectivity index (χ2n) is 10.1. The van der Waals surface area contributed by atoms with E-state index >= 15 is 0 Å². The van der Waals surface area contributed by atoms with Gasteiger partial charge in [-0.25, -0.2) is 9.59 Å². The smallest absolute Gasteiger partial charge is 0.408 e. The number of halogens is 1. The minimum atomic E-state index is -4.15. The first kappa shape index (κ1) is 28.4. The fraction of sp³-hybridized carbons (Fsp3) is 0.625. The molecule has 12 heteroatoms. The summed E-state index contributed by atoms with van der Waals surface area (Å²) in [6.45, 7) is 5.17. The standard InChI is InChI=1S/C24H33BrN2O8S/c1-24(2,3)20(26-23(30)34-16-7-5-6-8-16)21(28)27-14-17(13-19(27)22(29)33-4)35-36(31,32)18-11-9-15(25)10-12-18/h9-12,16-17,19-20H,5-8,13-14H2,1-4H3,(H,26,30)/t17-,19-,20+/m0/s1. The summed E-state index contributed by atoms with van der Waals surface area (Å²) < 4.78 is 42.0. The van der Waals surface area contributed by atoms with Crippen LogP contribution in [0.1, 0.15) is 52.9 Å². The van der Waals surface area contributed by atoms with E-state index in [4.69, 9.17) is 13.7 Å². The van der Waals surface area contributed by atoms with E-state index in [1.54, 1.807) is 32.9 Å². The summed E-state index contributed by atoms with van der Waals surface area (Å²) in [5.41, 5.74) is -0.727. The molecule has 36 heavy (non-hydrogen) atoms. The second kappa shape index (κ2) is 11.5. The normalized spacial score (nSPS) is 21.8. The topological polar surface area (TPSA) is 128 Å². The van der Waals surface area contributed by atoms with Crippen LogP contribution in [0.5, 0.6) is 0 Å². The van der Waals surface area contributed by atoms with Crippen LogP contribution in [0.25, 0.3) is 0 Å². The van der Waals surface area contributed by atoms with Gasteiger partial charge < -0.3 is 19.7 Å². The molecule has 0 spiro atoms. The number of likely N-dealkylation sites (tertiary alicyclic amines) is 1. The van der Waals surface area contributed by atoms with E-state index in [2.05, 4.69) is 21.2 Å². The van der Waals surface area contributed by atoms with Crippen LogP contribution >= 0.6 is 15.9 Å². The molecule has 1 aliphatic heterocycles. The average Bonchev–Trinajstić information content (AvgIpc) is 3.45. The van der Waals surface area contributed by atoms with E-state index in [0.717, 1.165) is 25.7 Å². The summed E-state index contributed by atoms with van der Waals surface area (Å²) >= 11 is 3.26. The molecule has 1 aromatic rings. The lowest BCUT2D eigenvalue weighted by Crippen LogP contribution is -2.57. The first-order valence-corrected chi connectivity index (χ1v) is 14.1. The predicted molar refractivity (Wildman–Crippen MR) is 133 cm³/mol. The molecule has 2 aliphatic rings. The maximum atomic E-state index is 13.7. The highest BCUT2D eigenvalue weighted by Crippen LogP contribution is 2.30. The van der Waals surface area contributed by atoms with Gasteiger partial charge in [0.05, 0.1) is 18.1 Å². The quantitative estimate of drug-likeness (QED) is 0.379. The molecule has 2 fully saturated rings. The van der Waals surface area contributed by atoms with Crippen molar-refractivity contribution in [3.05, 3.63) is 28.7 Å². The Bertz CT molecular complexity index is 1060. The van der Waals surface area contributed by atoms with Gasteiger partial charge in [0.15, 0.2) is 0 Å². The van der Waals surface area contributed by atoms with E-state index < -0.39 is 51.7 Å². The molecule has 1 saturated carbocycles. The molecule has 2 amide bonds. The molecule has 3 rings (SSSR count). The Kier molecular flexibility index (Phi) is 9.05. The zero-order chi connectivity index (χ0) is 26.7. The Morgan fingerprint density at radius 1 is 1.08 bits per heavy atom. The number of nitrogens with one attached hydrogen (secondary N) is 1. The number of carbonyl (C=O) groups excluding carboxylic acids is 3. The highest BCUT2D eigenvalue weighted by Gasteiger charge is 2.47. The summed E-state index contributed by atoms with van der Waals surface area (Å²) in [5, 5.41) is 2.66. The summed E-state index contributed by atoms with van der Waals surface area (Å²) in [6, 6.07) is 3.84. The van der Waals surface area contributed by atoms with E-state index in [1.165, 1.54) is 24.1 Å². The summed E-state index contributed by atoms with van der Waals surface area (Å²) in [7, 11) is -2.96. The number of alkyl carbamates (subject to hydrolysis) is 1. The third-order valence-corrected chi connectivity index (χ3v) is 8.24. The lowest BCUT2D eigenvalue weighted by atomic mass is 9.85. The molecule has 3 atom stereocenters. The molecule has 1 saturated heterocycles. The third kappa shape index (κ3) is 6.98. The molecule has 200 valence electrons. The zero-order valence-corrected chi connectivity index (χ0v) is 23.3. The van der Waals surface area contributed by atoms with Gasteiger partial charge in [-0.05, 0) is 55.4 Å². The fourth-order valence-corrected chi connectivity index (χ4v) is 5.77. The van der Waals surface area contributed by atoms with Crippen LogP contribution < -0.4 is 5.32 Å². The van der Waals surface area contributed by atoms with Crippen LogP contribution in [0.4, 0.5) is 4.79 Å². The summed E-state index contributed by atoms with van der Waals surface area (Å²) in [6.07, 6.45) is 1.60. The van der Waals surface area contributed by atoms with Crippen molar-refractivity contribution in [2.45, 2.75) is 82.1 Å². The maximum absolute atomic E-state index is 13.7. The van der Waals surface area contributed by atoms with Gasteiger partial charge >= 0.3 is 12.1 Å². The highest BCUT2D eigenvalue weighted by atomic mass is 79.9. The third-order valence-electron chi connectivity index (χ3n) is 6.34. The van der Waals surface area contributed by atoms with Gasteiger partial charge in [-0.2, -0.15) is 8.42 Å². The van der Waals surface area contributed by atoms with E-state index in [-0.39, 0.29) is 24.0 Å². The minimum Gasteiger partial charge on any atom is -0.467 e. The van der Waals surface area contributed by atoms with Crippen molar-refractivity contribution < 1.29 is 36.5 Å². The molecular weight excluding hydrogens is 556 g/mol. The molecule has 10 nitrogen and oxygen atoms in total. The van der Waals surface area contributed by atoms with Crippen molar-refractivity contribution in [2.24, 2.45) is 5.41 Å². The lowest BCUT2D eigenvalue weighted by molar-refractivity contribution is -0.152. The van der Waals surface area contributed by atoms with E-state index in [0.29, 0.717) is 4.47 Å². The van der Waals surface area contributed by atoms with E-state index in [9.17, 15) is 22.8 Å². The van der Waals surface area contributed by atoms with Gasteiger partial charge in [0, 0.05) is 17.4 Å². The van der Waals surface area contributed by atoms with Gasteiger partial charge in [0.2, 0.25) is 5.91 Å². The number of rotatable bonds is 7. The van der Waals surface area contributed by atoms with Gasteiger partial charge in [-0.3, -0.25) is 8.98 Å². The number of nitrogens with zero attached hydrogens (tertiary/aromatic N) is 1. The number of ether oxygens (including phenoxy) is 2. The van der Waals surface area contributed by atoms with Gasteiger partial charge in [0.25, 0.3) is 10.1 Å². The number of hydrogen-bond acceptors (Lipinski definition) is 8. The Labute approximate surface area is 220 Å². The van der Waals surface area contributed by atoms with E-state index in [1.807, 2.05) is 0 Å². The number of methoxy groups -OCH3 is 1. The predicted octanol–water partition coefficient (Wildman–Crippen LogP) is 3.38. The monoisotopic (exact) mass is 588 g/mol. The molecule has 0 unspecified atom stereocenters. The van der Waals surface area contributed by atoms with Crippen LogP contribution in [0.3, 0.4) is 0 Å². The lowest BCUT2D eigenvalue weighted by Gasteiger charge is -2.35. The number of benzene rings is 1. The largest absolute Gasteiger partial charge is 0.467 e. The van der Waals surface area contributed by atoms with Crippen molar-refractivity contribution in [3.63, 3.8) is 0 Å². The zero-order valence-electron chi connectivity index (χ0n) is 20.9. The molecule has 0 bridgehead atoms. The average molecular weight is 590 g/mol. The summed E-state index contributed by atoms with van der Waals surface area (Å²) in [4.78, 5) is 39.9. The Morgan fingerprint density at radius 3 is 2.25 bits per heavy atom. The van der Waals surface area contributed by atoms with Crippen LogP contribution in [0, 0.1) is 5.41 Å². The van der Waals surface area contributed by atoms with Crippen molar-refractivity contribution in [3.8, 4) is 0 Å². The first-order chi connectivity index (χ1) is 16.8. The Balaban J connectivity index is 1.78. The van der Waals surface area contributed by atoms with Crippen LogP contribution in [-0.2, 0) is 33.4 Å². The van der Waals surface area contributed by atoms with Crippen molar-refractivity contribution >= 4 is 44.0 Å². The van der Waals surface area contributed by atoms with Gasteiger partial charge in [-0.1, -0.05) is 36.7 Å². The Morgan fingerprint density at radius 2 is 1.69 bits per heavy atom. The van der Waals surface area contributed by atoms with Crippen LogP contribution in [-0.4, -0.2) is 69.2 Å². The molecule has 1 N–H and O–H groups in total. The summed E-state index contributed by atoms with van der Waals surface area (Å²) in [5.74, 6) is -1.25. The molecule has 0 radical (unpaired) electrons. The highest BCUT2D eigenvalue weighted by molar-refractivity contribution is 9.10. The van der Waals surface area contributed by atoms with Gasteiger partial charge in [-0.15, -0.1) is 0 Å². The molecule has 1 aromatic carbocycles. The van der Waals surface area contributed by atoms with Crippen molar-refractivity contribution in [2.75, 3.05) is 13.7 Å². The Hall–Kier alpha value is -2.18. The molecule has 0 aromatic heterocycles.